The third-order valence-corrected chi connectivity index (χ3v) is 5.63. The number of cyclic esters (lactones) is 1. The van der Waals surface area contributed by atoms with Crippen LogP contribution in [0.2, 0.25) is 0 Å². The smallest absolute Gasteiger partial charge is 0.410 e. The predicted molar refractivity (Wildman–Crippen MR) is 105 cm³/mol. The fourth-order valence-electron chi connectivity index (χ4n) is 4.30. The lowest BCUT2D eigenvalue weighted by atomic mass is 9.94. The first-order chi connectivity index (χ1) is 12.6. The lowest BCUT2D eigenvalue weighted by molar-refractivity contribution is 0.128. The van der Waals surface area contributed by atoms with Gasteiger partial charge in [0.1, 0.15) is 6.10 Å². The lowest BCUT2D eigenvalue weighted by Crippen LogP contribution is -2.37. The second-order valence-electron chi connectivity index (χ2n) is 8.21. The summed E-state index contributed by atoms with van der Waals surface area (Å²) < 4.78 is 5.81. The summed E-state index contributed by atoms with van der Waals surface area (Å²) in [7, 11) is 0. The Morgan fingerprint density at radius 3 is 2.38 bits per heavy atom. The molecule has 2 heterocycles. The van der Waals surface area contributed by atoms with Crippen LogP contribution >= 0.6 is 0 Å². The molecule has 2 saturated heterocycles. The Kier molecular flexibility index (Phi) is 6.95. The molecule has 2 aliphatic rings. The first-order valence-corrected chi connectivity index (χ1v) is 10.4. The van der Waals surface area contributed by atoms with Crippen molar-refractivity contribution in [3.63, 3.8) is 0 Å². The number of hydrogen-bond donors (Lipinski definition) is 0. The van der Waals surface area contributed by atoms with E-state index in [9.17, 15) is 4.79 Å². The minimum atomic E-state index is -0.139. The van der Waals surface area contributed by atoms with Crippen LogP contribution in [0.25, 0.3) is 0 Å². The summed E-state index contributed by atoms with van der Waals surface area (Å²) in [6.07, 6.45) is 7.11. The summed E-state index contributed by atoms with van der Waals surface area (Å²) in [6.45, 7) is 8.77. The van der Waals surface area contributed by atoms with E-state index in [4.69, 9.17) is 4.74 Å². The number of nitrogens with zero attached hydrogens (tertiary/aromatic N) is 2. The number of likely N-dealkylation sites (tertiary alicyclic amines) is 1. The van der Waals surface area contributed by atoms with Crippen molar-refractivity contribution in [1.29, 1.82) is 0 Å². The van der Waals surface area contributed by atoms with Crippen LogP contribution in [0.15, 0.2) is 30.3 Å². The molecule has 0 aromatic heterocycles. The molecule has 0 N–H and O–H groups in total. The van der Waals surface area contributed by atoms with Gasteiger partial charge in [0.15, 0.2) is 0 Å². The Balaban J connectivity index is 1.61. The molecule has 2 atom stereocenters. The molecule has 1 aromatic rings. The average Bonchev–Trinajstić information content (AvgIpc) is 2.80. The normalized spacial score (nSPS) is 24.7. The van der Waals surface area contributed by atoms with Gasteiger partial charge in [0.05, 0.1) is 6.04 Å². The molecule has 0 aliphatic carbocycles. The molecule has 4 heteroatoms. The zero-order valence-corrected chi connectivity index (χ0v) is 16.4. The van der Waals surface area contributed by atoms with E-state index in [1.54, 1.807) is 0 Å². The lowest BCUT2D eigenvalue weighted by Gasteiger charge is -2.27. The molecular weight excluding hydrogens is 324 g/mol. The summed E-state index contributed by atoms with van der Waals surface area (Å²) in [6, 6.07) is 10.4. The summed E-state index contributed by atoms with van der Waals surface area (Å²) in [4.78, 5) is 17.1. The number of ether oxygens (including phenoxy) is 1. The van der Waals surface area contributed by atoms with E-state index in [0.717, 1.165) is 31.5 Å². The van der Waals surface area contributed by atoms with Gasteiger partial charge in [-0.2, -0.15) is 0 Å². The first kappa shape index (κ1) is 19.2. The van der Waals surface area contributed by atoms with Crippen LogP contribution in [-0.2, 0) is 4.74 Å². The molecule has 26 heavy (non-hydrogen) atoms. The van der Waals surface area contributed by atoms with E-state index in [0.29, 0.717) is 5.92 Å². The van der Waals surface area contributed by atoms with Crippen LogP contribution < -0.4 is 0 Å². The maximum absolute atomic E-state index is 12.6. The molecule has 2 fully saturated rings. The molecule has 0 bridgehead atoms. The molecule has 1 amide bonds. The Morgan fingerprint density at radius 2 is 1.73 bits per heavy atom. The van der Waals surface area contributed by atoms with Crippen LogP contribution in [-0.4, -0.2) is 48.1 Å². The SMILES string of the molecule is CC(C)CC1C(c2ccccc2)OC(=O)N1CCCN1CCCCCC1. The van der Waals surface area contributed by atoms with E-state index in [1.807, 2.05) is 23.1 Å². The van der Waals surface area contributed by atoms with Crippen LogP contribution in [0.4, 0.5) is 4.79 Å². The van der Waals surface area contributed by atoms with Gasteiger partial charge in [-0.25, -0.2) is 4.79 Å². The van der Waals surface area contributed by atoms with Gasteiger partial charge < -0.3 is 14.5 Å². The van der Waals surface area contributed by atoms with Crippen LogP contribution in [0.5, 0.6) is 0 Å². The minimum Gasteiger partial charge on any atom is -0.439 e. The number of amides is 1. The zero-order chi connectivity index (χ0) is 18.4. The van der Waals surface area contributed by atoms with Crippen molar-refractivity contribution in [2.24, 2.45) is 5.92 Å². The molecule has 0 saturated carbocycles. The molecule has 144 valence electrons. The summed E-state index contributed by atoms with van der Waals surface area (Å²) >= 11 is 0. The summed E-state index contributed by atoms with van der Waals surface area (Å²) in [5.41, 5.74) is 1.11. The molecule has 3 rings (SSSR count). The number of hydrogen-bond acceptors (Lipinski definition) is 3. The number of rotatable bonds is 7. The third-order valence-electron chi connectivity index (χ3n) is 5.63. The van der Waals surface area contributed by atoms with Gasteiger partial charge in [-0.05, 0) is 56.8 Å². The van der Waals surface area contributed by atoms with Gasteiger partial charge >= 0.3 is 6.09 Å². The van der Waals surface area contributed by atoms with Crippen molar-refractivity contribution in [2.75, 3.05) is 26.2 Å². The summed E-state index contributed by atoms with van der Waals surface area (Å²) in [5.74, 6) is 0.536. The van der Waals surface area contributed by atoms with Gasteiger partial charge in [-0.3, -0.25) is 0 Å². The fraction of sp³-hybridized carbons (Fsp3) is 0.682. The quantitative estimate of drug-likeness (QED) is 0.698. The largest absolute Gasteiger partial charge is 0.439 e. The summed E-state index contributed by atoms with van der Waals surface area (Å²) in [5, 5.41) is 0. The van der Waals surface area contributed by atoms with Crippen molar-refractivity contribution >= 4 is 6.09 Å². The van der Waals surface area contributed by atoms with Gasteiger partial charge in [0.25, 0.3) is 0 Å². The number of carbonyl (C=O) groups is 1. The molecule has 1 aromatic carbocycles. The highest BCUT2D eigenvalue weighted by molar-refractivity contribution is 5.71. The Hall–Kier alpha value is -1.55. The highest BCUT2D eigenvalue weighted by Crippen LogP contribution is 2.36. The van der Waals surface area contributed by atoms with E-state index < -0.39 is 0 Å². The van der Waals surface area contributed by atoms with E-state index in [1.165, 1.54) is 38.8 Å². The van der Waals surface area contributed by atoms with Crippen molar-refractivity contribution in [3.8, 4) is 0 Å². The standard InChI is InChI=1S/C22H34N2O2/c1-18(2)17-20-21(19-11-6-5-7-12-19)26-22(25)24(20)16-10-15-23-13-8-3-4-9-14-23/h5-7,11-12,18,20-21H,3-4,8-10,13-17H2,1-2H3. The topological polar surface area (TPSA) is 32.8 Å². The first-order valence-electron chi connectivity index (χ1n) is 10.4. The second-order valence-corrected chi connectivity index (χ2v) is 8.21. The van der Waals surface area contributed by atoms with Crippen molar-refractivity contribution in [1.82, 2.24) is 9.80 Å². The van der Waals surface area contributed by atoms with Gasteiger partial charge in [-0.1, -0.05) is 57.0 Å². The highest BCUT2D eigenvalue weighted by Gasteiger charge is 2.42. The fourth-order valence-corrected chi connectivity index (χ4v) is 4.30. The second kappa shape index (κ2) is 9.40. The van der Waals surface area contributed by atoms with Gasteiger partial charge in [0, 0.05) is 6.54 Å². The maximum atomic E-state index is 12.6. The predicted octanol–water partition coefficient (Wildman–Crippen LogP) is 4.86. The zero-order valence-electron chi connectivity index (χ0n) is 16.4. The maximum Gasteiger partial charge on any atom is 0.410 e. The Morgan fingerprint density at radius 1 is 1.04 bits per heavy atom. The molecule has 0 radical (unpaired) electrons. The Bertz CT molecular complexity index is 553. The highest BCUT2D eigenvalue weighted by atomic mass is 16.6. The van der Waals surface area contributed by atoms with E-state index in [-0.39, 0.29) is 18.2 Å². The van der Waals surface area contributed by atoms with Crippen molar-refractivity contribution in [3.05, 3.63) is 35.9 Å². The Labute approximate surface area is 158 Å². The molecule has 4 nitrogen and oxygen atoms in total. The number of benzene rings is 1. The van der Waals surface area contributed by atoms with E-state index >= 15 is 0 Å². The van der Waals surface area contributed by atoms with Gasteiger partial charge in [-0.15, -0.1) is 0 Å². The molecule has 2 unspecified atom stereocenters. The minimum absolute atomic E-state index is 0.135. The molecule has 0 spiro atoms. The molecular formula is C22H34N2O2. The van der Waals surface area contributed by atoms with Crippen LogP contribution in [0.3, 0.4) is 0 Å². The molecule has 2 aliphatic heterocycles. The monoisotopic (exact) mass is 358 g/mol. The average molecular weight is 359 g/mol. The third kappa shape index (κ3) is 5.00. The van der Waals surface area contributed by atoms with Crippen LogP contribution in [0, 0.1) is 5.92 Å². The van der Waals surface area contributed by atoms with E-state index in [2.05, 4.69) is 30.9 Å². The number of carbonyl (C=O) groups excluding carboxylic acids is 1. The van der Waals surface area contributed by atoms with Crippen LogP contribution in [0.1, 0.15) is 64.0 Å². The van der Waals surface area contributed by atoms with Gasteiger partial charge in [0.2, 0.25) is 0 Å². The van der Waals surface area contributed by atoms with Crippen molar-refractivity contribution < 1.29 is 9.53 Å². The van der Waals surface area contributed by atoms with Crippen molar-refractivity contribution in [2.45, 2.75) is 64.5 Å².